The van der Waals surface area contributed by atoms with E-state index in [9.17, 15) is 9.00 Å². The Labute approximate surface area is 149 Å². The van der Waals surface area contributed by atoms with Gasteiger partial charge in [-0.15, -0.1) is 0 Å². The van der Waals surface area contributed by atoms with E-state index in [2.05, 4.69) is 0 Å². The Bertz CT molecular complexity index is 817. The molecule has 0 spiro atoms. The molecule has 2 aliphatic rings. The van der Waals surface area contributed by atoms with Crippen molar-refractivity contribution >= 4 is 16.8 Å². The third-order valence-corrected chi connectivity index (χ3v) is 7.08. The first-order valence-electron chi connectivity index (χ1n) is 8.47. The largest absolute Gasteiger partial charge is 0.434 e. The zero-order chi connectivity index (χ0) is 17.6. The summed E-state index contributed by atoms with van der Waals surface area (Å²) >= 11 is 0. The highest BCUT2D eigenvalue weighted by molar-refractivity contribution is 7.87. The molecule has 130 valence electrons. The van der Waals surface area contributed by atoms with Crippen molar-refractivity contribution in [3.05, 3.63) is 65.7 Å². The normalized spacial score (nSPS) is 31.3. The Kier molecular flexibility index (Phi) is 4.01. The first kappa shape index (κ1) is 16.5. The van der Waals surface area contributed by atoms with Crippen LogP contribution in [0.5, 0.6) is 0 Å². The minimum atomic E-state index is -1.50. The molecule has 5 atom stereocenters. The Morgan fingerprint density at radius 2 is 1.80 bits per heavy atom. The molecule has 1 saturated heterocycles. The van der Waals surface area contributed by atoms with Gasteiger partial charge < -0.3 is 9.47 Å². The Balaban J connectivity index is 1.77. The highest BCUT2D eigenvalue weighted by atomic mass is 32.2. The molecule has 2 fully saturated rings. The molecule has 0 bridgehead atoms. The highest BCUT2D eigenvalue weighted by Crippen LogP contribution is 2.68. The van der Waals surface area contributed by atoms with Crippen LogP contribution in [0.4, 0.5) is 0 Å². The molecular formula is C20H20O4S. The average molecular weight is 356 g/mol. The van der Waals surface area contributed by atoms with Crippen LogP contribution >= 0.6 is 0 Å². The highest BCUT2D eigenvalue weighted by Gasteiger charge is 2.82. The van der Waals surface area contributed by atoms with Gasteiger partial charge in [0, 0.05) is 17.4 Å². The van der Waals surface area contributed by atoms with Crippen LogP contribution in [-0.2, 0) is 25.1 Å². The second-order valence-electron chi connectivity index (χ2n) is 6.52. The first-order chi connectivity index (χ1) is 12.1. The lowest BCUT2D eigenvalue weighted by Crippen LogP contribution is -2.30. The summed E-state index contributed by atoms with van der Waals surface area (Å²) in [6.07, 6.45) is -0.628. The molecule has 2 aromatic rings. The summed E-state index contributed by atoms with van der Waals surface area (Å²) in [4.78, 5) is 13.4. The van der Waals surface area contributed by atoms with E-state index in [0.29, 0.717) is 11.5 Å². The van der Waals surface area contributed by atoms with E-state index in [1.165, 1.54) is 0 Å². The van der Waals surface area contributed by atoms with Crippen molar-refractivity contribution in [3.63, 3.8) is 0 Å². The van der Waals surface area contributed by atoms with Crippen LogP contribution in [0.1, 0.15) is 24.0 Å². The third kappa shape index (κ3) is 2.37. The fraction of sp³-hybridized carbons (Fsp3) is 0.350. The van der Waals surface area contributed by atoms with E-state index in [-0.39, 0.29) is 11.8 Å². The van der Waals surface area contributed by atoms with Crippen molar-refractivity contribution in [1.82, 2.24) is 0 Å². The van der Waals surface area contributed by atoms with Crippen molar-refractivity contribution in [1.29, 1.82) is 0 Å². The van der Waals surface area contributed by atoms with E-state index in [4.69, 9.17) is 9.47 Å². The molecule has 0 radical (unpaired) electrons. The number of esters is 1. The number of ether oxygens (including phenoxy) is 2. The molecule has 1 aliphatic carbocycles. The fourth-order valence-electron chi connectivity index (χ4n) is 3.87. The number of carbonyl (C=O) groups excluding carboxylic acids is 1. The molecule has 1 aliphatic heterocycles. The second kappa shape index (κ2) is 6.07. The summed E-state index contributed by atoms with van der Waals surface area (Å²) < 4.78 is 23.4. The topological polar surface area (TPSA) is 52.6 Å². The van der Waals surface area contributed by atoms with Gasteiger partial charge in [-0.25, -0.2) is 0 Å². The average Bonchev–Trinajstić information content (AvgIpc) is 3.25. The lowest BCUT2D eigenvalue weighted by Gasteiger charge is -2.16. The van der Waals surface area contributed by atoms with Gasteiger partial charge in [-0.3, -0.25) is 9.00 Å². The number of hydrogen-bond donors (Lipinski definition) is 0. The maximum Gasteiger partial charge on any atom is 0.328 e. The van der Waals surface area contributed by atoms with Gasteiger partial charge in [0.25, 0.3) is 0 Å². The summed E-state index contributed by atoms with van der Waals surface area (Å²) in [5, 5.41) is 0. The van der Waals surface area contributed by atoms with Crippen LogP contribution in [0, 0.1) is 12.8 Å². The van der Waals surface area contributed by atoms with Crippen molar-refractivity contribution in [2.75, 3.05) is 6.61 Å². The van der Waals surface area contributed by atoms with Crippen LogP contribution in [0.25, 0.3) is 0 Å². The van der Waals surface area contributed by atoms with E-state index in [1.807, 2.05) is 68.4 Å². The number of rotatable bonds is 5. The summed E-state index contributed by atoms with van der Waals surface area (Å²) in [5.41, 5.74) is 2.10. The fourth-order valence-corrected chi connectivity index (χ4v) is 5.78. The van der Waals surface area contributed by atoms with Gasteiger partial charge in [-0.2, -0.15) is 0 Å². The SMILES string of the molecule is CCO[C@H]1OC(=O)[C@@]2(S(=O)c3ccc(C)cc3)[C@@H]1[C@@H]2c1ccccc1. The van der Waals surface area contributed by atoms with Gasteiger partial charge in [0.2, 0.25) is 6.29 Å². The quantitative estimate of drug-likeness (QED) is 0.772. The number of fused-ring (bicyclic) bond motifs is 1. The summed E-state index contributed by atoms with van der Waals surface area (Å²) in [6.45, 7) is 4.29. The maximum absolute atomic E-state index is 13.4. The number of aryl methyl sites for hydroxylation is 1. The maximum atomic E-state index is 13.4. The van der Waals surface area contributed by atoms with Gasteiger partial charge in [0.15, 0.2) is 4.75 Å². The number of benzene rings is 2. The van der Waals surface area contributed by atoms with Crippen LogP contribution < -0.4 is 0 Å². The number of cyclic esters (lactones) is 1. The van der Waals surface area contributed by atoms with E-state index in [1.54, 1.807) is 0 Å². The Morgan fingerprint density at radius 3 is 2.44 bits per heavy atom. The van der Waals surface area contributed by atoms with Gasteiger partial charge in [0.05, 0.1) is 16.7 Å². The molecule has 0 aromatic heterocycles. The van der Waals surface area contributed by atoms with Crippen molar-refractivity contribution in [2.45, 2.75) is 35.7 Å². The molecule has 25 heavy (non-hydrogen) atoms. The lowest BCUT2D eigenvalue weighted by molar-refractivity contribution is -0.169. The van der Waals surface area contributed by atoms with Crippen molar-refractivity contribution in [2.24, 2.45) is 5.92 Å². The zero-order valence-corrected chi connectivity index (χ0v) is 15.0. The minimum absolute atomic E-state index is 0.145. The molecular weight excluding hydrogens is 336 g/mol. The second-order valence-corrected chi connectivity index (χ2v) is 8.20. The molecule has 1 saturated carbocycles. The predicted octanol–water partition coefficient (Wildman–Crippen LogP) is 3.17. The minimum Gasteiger partial charge on any atom is -0.434 e. The van der Waals surface area contributed by atoms with Crippen molar-refractivity contribution in [3.8, 4) is 0 Å². The molecule has 0 amide bonds. The van der Waals surface area contributed by atoms with E-state index in [0.717, 1.165) is 11.1 Å². The monoisotopic (exact) mass is 356 g/mol. The smallest absolute Gasteiger partial charge is 0.328 e. The van der Waals surface area contributed by atoms with Crippen LogP contribution in [-0.4, -0.2) is 27.8 Å². The molecule has 0 N–H and O–H groups in total. The molecule has 1 heterocycles. The van der Waals surface area contributed by atoms with Gasteiger partial charge in [-0.05, 0) is 31.5 Å². The van der Waals surface area contributed by atoms with Crippen molar-refractivity contribution < 1.29 is 18.5 Å². The summed E-state index contributed by atoms with van der Waals surface area (Å²) in [6, 6.07) is 17.3. The Morgan fingerprint density at radius 1 is 1.12 bits per heavy atom. The standard InChI is InChI=1S/C20H20O4S/c1-3-23-18-17-16(14-7-5-4-6-8-14)20(17,19(21)24-18)25(22)15-11-9-13(2)10-12-15/h4-12,16-18H,3H2,1-2H3/t16-,17+,18-,20-,25?/m0/s1. The third-order valence-electron chi connectivity index (χ3n) is 5.07. The molecule has 4 nitrogen and oxygen atoms in total. The Hall–Kier alpha value is -1.98. The number of carbonyl (C=O) groups is 1. The molecule has 5 heteroatoms. The molecule has 4 rings (SSSR count). The summed E-state index contributed by atoms with van der Waals surface area (Å²) in [7, 11) is -1.50. The van der Waals surface area contributed by atoms with Crippen LogP contribution in [0.3, 0.4) is 0 Å². The summed E-state index contributed by atoms with van der Waals surface area (Å²) in [5.74, 6) is -0.776. The van der Waals surface area contributed by atoms with Crippen LogP contribution in [0.2, 0.25) is 0 Å². The predicted molar refractivity (Wildman–Crippen MR) is 94.5 cm³/mol. The zero-order valence-electron chi connectivity index (χ0n) is 14.2. The van der Waals surface area contributed by atoms with E-state index < -0.39 is 27.8 Å². The number of hydrogen-bond acceptors (Lipinski definition) is 4. The van der Waals surface area contributed by atoms with Gasteiger partial charge in [-0.1, -0.05) is 48.0 Å². The molecule has 2 aromatic carbocycles. The van der Waals surface area contributed by atoms with Gasteiger partial charge >= 0.3 is 5.97 Å². The van der Waals surface area contributed by atoms with Gasteiger partial charge in [0.1, 0.15) is 0 Å². The van der Waals surface area contributed by atoms with Crippen LogP contribution in [0.15, 0.2) is 59.5 Å². The van der Waals surface area contributed by atoms with E-state index >= 15 is 0 Å². The molecule has 1 unspecified atom stereocenters. The first-order valence-corrected chi connectivity index (χ1v) is 9.61. The lowest BCUT2D eigenvalue weighted by atomic mass is 10.1.